The van der Waals surface area contributed by atoms with E-state index in [-0.39, 0.29) is 33.6 Å². The molecular formula is C27H35F2N3O5. The number of hydrogen-bond acceptors (Lipinski definition) is 6. The molecule has 0 unspecified atom stereocenters. The average molecular weight is 520 g/mol. The Morgan fingerprint density at radius 3 is 2.54 bits per heavy atom. The number of amides is 1. The van der Waals surface area contributed by atoms with Gasteiger partial charge in [-0.25, -0.2) is 0 Å². The Kier molecular flexibility index (Phi) is 5.80. The minimum Gasteiger partial charge on any atom is -0.395 e. The number of aromatic nitrogens is 1. The summed E-state index contributed by atoms with van der Waals surface area (Å²) in [5.41, 5.74) is 2.09. The van der Waals surface area contributed by atoms with Gasteiger partial charge < -0.3 is 35.0 Å². The lowest BCUT2D eigenvalue weighted by atomic mass is 9.92. The maximum atomic E-state index is 13.4. The van der Waals surface area contributed by atoms with Crippen molar-refractivity contribution >= 4 is 28.7 Å². The number of anilines is 1. The fourth-order valence-corrected chi connectivity index (χ4v) is 4.98. The van der Waals surface area contributed by atoms with Gasteiger partial charge in [0.05, 0.1) is 30.2 Å². The first-order chi connectivity index (χ1) is 17.4. The maximum Gasteiger partial charge on any atom is 0.586 e. The molecule has 202 valence electrons. The van der Waals surface area contributed by atoms with Crippen LogP contribution in [-0.2, 0) is 22.2 Å². The van der Waals surface area contributed by atoms with Crippen LogP contribution in [0.3, 0.4) is 0 Å². The number of carbonyl (C=O) groups is 1. The number of alkyl halides is 2. The largest absolute Gasteiger partial charge is 0.586 e. The van der Waals surface area contributed by atoms with Crippen LogP contribution in [0.5, 0.6) is 11.5 Å². The summed E-state index contributed by atoms with van der Waals surface area (Å²) >= 11 is 0. The van der Waals surface area contributed by atoms with Crippen molar-refractivity contribution in [3.63, 3.8) is 0 Å². The Labute approximate surface area is 216 Å². The number of fused-ring (bicyclic) bond motifs is 2. The monoisotopic (exact) mass is 519 g/mol. The molecule has 37 heavy (non-hydrogen) atoms. The van der Waals surface area contributed by atoms with Crippen LogP contribution in [-0.4, -0.2) is 45.9 Å². The average Bonchev–Trinajstić information content (AvgIpc) is 3.46. The Bertz CT molecular complexity index is 1420. The van der Waals surface area contributed by atoms with E-state index in [9.17, 15) is 23.8 Å². The van der Waals surface area contributed by atoms with Crippen LogP contribution in [0.4, 0.5) is 14.5 Å². The molecule has 0 radical (unpaired) electrons. The van der Waals surface area contributed by atoms with E-state index in [1.165, 1.54) is 18.3 Å². The lowest BCUT2D eigenvalue weighted by molar-refractivity contribution is -0.286. The SMILES string of the molecule is CC(C)(C)c1cc2cc(NC(=O)C3(c4ccc5c(c4)OC(F)(F)O5)CC3)cc(C=N)c2n1C[C@@H](O)CO.[HH].[HH].[HH]. The normalized spacial score (nSPS) is 18.0. The molecule has 3 aromatic rings. The molecule has 1 saturated carbocycles. The van der Waals surface area contributed by atoms with E-state index in [1.54, 1.807) is 12.1 Å². The van der Waals surface area contributed by atoms with Gasteiger partial charge in [-0.1, -0.05) is 26.8 Å². The molecule has 4 N–H and O–H groups in total. The summed E-state index contributed by atoms with van der Waals surface area (Å²) in [6, 6.07) is 9.88. The maximum absolute atomic E-state index is 13.4. The van der Waals surface area contributed by atoms with Gasteiger partial charge in [0.2, 0.25) is 5.91 Å². The highest BCUT2D eigenvalue weighted by molar-refractivity contribution is 6.05. The van der Waals surface area contributed by atoms with Crippen molar-refractivity contribution in [1.29, 1.82) is 5.41 Å². The highest BCUT2D eigenvalue weighted by Gasteiger charge is 2.52. The smallest absolute Gasteiger partial charge is 0.395 e. The fourth-order valence-electron chi connectivity index (χ4n) is 4.98. The quantitative estimate of drug-likeness (QED) is 0.327. The summed E-state index contributed by atoms with van der Waals surface area (Å²) in [5, 5.41) is 31.3. The van der Waals surface area contributed by atoms with Gasteiger partial charge in [0.25, 0.3) is 0 Å². The number of aliphatic hydroxyl groups excluding tert-OH is 2. The molecule has 1 amide bonds. The molecule has 0 bridgehead atoms. The number of nitrogens with one attached hydrogen (secondary N) is 2. The third kappa shape index (κ3) is 4.44. The number of rotatable bonds is 7. The topological polar surface area (TPSA) is 117 Å². The van der Waals surface area contributed by atoms with E-state index in [0.717, 1.165) is 16.6 Å². The van der Waals surface area contributed by atoms with Crippen LogP contribution in [0.2, 0.25) is 0 Å². The molecule has 10 heteroatoms. The van der Waals surface area contributed by atoms with E-state index in [0.29, 0.717) is 29.7 Å². The first-order valence-corrected chi connectivity index (χ1v) is 12.1. The van der Waals surface area contributed by atoms with Gasteiger partial charge in [0.15, 0.2) is 11.5 Å². The second-order valence-electron chi connectivity index (χ2n) is 10.7. The Morgan fingerprint density at radius 1 is 1.22 bits per heavy atom. The molecule has 5 rings (SSSR count). The van der Waals surface area contributed by atoms with Crippen molar-refractivity contribution in [1.82, 2.24) is 4.57 Å². The van der Waals surface area contributed by atoms with Crippen molar-refractivity contribution in [3.05, 3.63) is 53.2 Å². The predicted octanol–water partition coefficient (Wildman–Crippen LogP) is 5.02. The second kappa shape index (κ2) is 8.53. The van der Waals surface area contributed by atoms with Crippen molar-refractivity contribution in [2.45, 2.75) is 63.4 Å². The predicted molar refractivity (Wildman–Crippen MR) is 140 cm³/mol. The summed E-state index contributed by atoms with van der Waals surface area (Å²) in [7, 11) is 0. The van der Waals surface area contributed by atoms with Crippen molar-refractivity contribution in [2.75, 3.05) is 11.9 Å². The van der Waals surface area contributed by atoms with Gasteiger partial charge in [-0.15, -0.1) is 8.78 Å². The zero-order chi connectivity index (χ0) is 26.8. The first-order valence-electron chi connectivity index (χ1n) is 12.1. The van der Waals surface area contributed by atoms with Crippen LogP contribution < -0.4 is 14.8 Å². The summed E-state index contributed by atoms with van der Waals surface area (Å²) in [6.07, 6.45) is -2.40. The Balaban J connectivity index is 0.00000187. The minimum atomic E-state index is -3.73. The number of benzene rings is 2. The van der Waals surface area contributed by atoms with E-state index in [2.05, 4.69) is 14.8 Å². The molecular weight excluding hydrogens is 484 g/mol. The zero-order valence-corrected chi connectivity index (χ0v) is 20.8. The third-order valence-electron chi connectivity index (χ3n) is 6.95. The van der Waals surface area contributed by atoms with Crippen molar-refractivity contribution in [3.8, 4) is 11.5 Å². The van der Waals surface area contributed by atoms with E-state index >= 15 is 0 Å². The number of carbonyl (C=O) groups excluding carboxylic acids is 1. The van der Waals surface area contributed by atoms with Crippen LogP contribution in [0, 0.1) is 5.41 Å². The van der Waals surface area contributed by atoms with Crippen molar-refractivity contribution < 1.29 is 37.5 Å². The van der Waals surface area contributed by atoms with Gasteiger partial charge in [-0.05, 0) is 48.7 Å². The van der Waals surface area contributed by atoms with E-state index < -0.39 is 24.4 Å². The summed E-state index contributed by atoms with van der Waals surface area (Å²) in [5.74, 6) is -0.452. The molecule has 1 aromatic heterocycles. The van der Waals surface area contributed by atoms with Gasteiger partial charge in [0.1, 0.15) is 0 Å². The number of halogens is 2. The molecule has 8 nitrogen and oxygen atoms in total. The fraction of sp³-hybridized carbons (Fsp3) is 0.407. The van der Waals surface area contributed by atoms with Crippen LogP contribution in [0.15, 0.2) is 36.4 Å². The summed E-state index contributed by atoms with van der Waals surface area (Å²) in [6.45, 7) is 5.87. The molecule has 1 aliphatic heterocycles. The van der Waals surface area contributed by atoms with Crippen LogP contribution in [0.1, 0.15) is 54.7 Å². The van der Waals surface area contributed by atoms with Crippen LogP contribution >= 0.6 is 0 Å². The van der Waals surface area contributed by atoms with Gasteiger partial charge in [0, 0.05) is 38.2 Å². The third-order valence-corrected chi connectivity index (χ3v) is 6.95. The van der Waals surface area contributed by atoms with Crippen molar-refractivity contribution in [2.24, 2.45) is 0 Å². The Morgan fingerprint density at radius 2 is 1.92 bits per heavy atom. The standard InChI is InChI=1S/C27H29F2N3O5.3H2/c1-25(2,3)22-10-15-8-18(9-16(12-30)23(15)32(22)13-19(34)14-33)31-24(35)26(6-7-26)17-4-5-20-21(11-17)37-27(28,29)36-20;;;/h4-5,8-12,19,30,33-34H,6-7,13-14H2,1-3H3,(H,31,35);3*1H/t19-;;;/m1.../s1. The molecule has 1 aliphatic carbocycles. The lowest BCUT2D eigenvalue weighted by Crippen LogP contribution is -2.28. The molecule has 2 aliphatic rings. The zero-order valence-electron chi connectivity index (χ0n) is 20.8. The number of nitrogens with zero attached hydrogens (tertiary/aromatic N) is 1. The highest BCUT2D eigenvalue weighted by Crippen LogP contribution is 2.52. The first kappa shape index (κ1) is 25.2. The van der Waals surface area contributed by atoms with Gasteiger partial charge in [-0.3, -0.25) is 4.79 Å². The van der Waals surface area contributed by atoms with E-state index in [1.807, 2.05) is 37.5 Å². The molecule has 0 saturated heterocycles. The molecule has 2 heterocycles. The molecule has 0 spiro atoms. The number of hydrogen-bond donors (Lipinski definition) is 4. The minimum absolute atomic E-state index is 0. The summed E-state index contributed by atoms with van der Waals surface area (Å²) in [4.78, 5) is 13.4. The Hall–Kier alpha value is -3.50. The molecule has 1 atom stereocenters. The number of ether oxygens (including phenoxy) is 2. The van der Waals surface area contributed by atoms with Gasteiger partial charge >= 0.3 is 6.29 Å². The second-order valence-corrected chi connectivity index (χ2v) is 10.7. The lowest BCUT2D eigenvalue weighted by Gasteiger charge is -2.23. The molecule has 1 fully saturated rings. The van der Waals surface area contributed by atoms with Gasteiger partial charge in [-0.2, -0.15) is 0 Å². The van der Waals surface area contributed by atoms with Crippen LogP contribution in [0.25, 0.3) is 10.9 Å². The summed E-state index contributed by atoms with van der Waals surface area (Å²) < 4.78 is 37.8. The molecule has 2 aromatic carbocycles. The highest BCUT2D eigenvalue weighted by atomic mass is 19.3. The number of aliphatic hydroxyl groups is 2. The van der Waals surface area contributed by atoms with E-state index in [4.69, 9.17) is 5.41 Å².